The second-order valence-corrected chi connectivity index (χ2v) is 14.5. The molecule has 0 spiro atoms. The van der Waals surface area contributed by atoms with Gasteiger partial charge < -0.3 is 19.7 Å². The van der Waals surface area contributed by atoms with E-state index in [9.17, 15) is 15.0 Å². The van der Waals surface area contributed by atoms with E-state index < -0.39 is 17.6 Å². The highest BCUT2D eigenvalue weighted by Crippen LogP contribution is 2.61. The molecule has 2 N–H and O–H groups in total. The molecule has 0 amide bonds. The molecule has 2 saturated heterocycles. The Balaban J connectivity index is 1.37. The third-order valence-corrected chi connectivity index (χ3v) is 12.5. The molecule has 0 aromatic carbocycles. The summed E-state index contributed by atoms with van der Waals surface area (Å²) in [7, 11) is 3.95. The van der Waals surface area contributed by atoms with Gasteiger partial charge >= 0.3 is 5.97 Å². The van der Waals surface area contributed by atoms with Crippen molar-refractivity contribution >= 4 is 27.6 Å². The molecule has 2 aliphatic carbocycles. The van der Waals surface area contributed by atoms with Gasteiger partial charge in [0.05, 0.1) is 12.7 Å². The number of fused-ring (bicyclic) bond motifs is 1. The molecule has 3 unspecified atom stereocenters. The van der Waals surface area contributed by atoms with Crippen molar-refractivity contribution in [1.82, 2.24) is 0 Å². The van der Waals surface area contributed by atoms with Gasteiger partial charge in [-0.15, -0.1) is 0 Å². The topological polar surface area (TPSA) is 76.0 Å². The molecule has 4 rings (SSSR count). The van der Waals surface area contributed by atoms with E-state index in [0.717, 1.165) is 49.3 Å². The van der Waals surface area contributed by atoms with Crippen LogP contribution in [0.2, 0.25) is 0 Å². The Kier molecular flexibility index (Phi) is 9.28. The van der Waals surface area contributed by atoms with Gasteiger partial charge in [0, 0.05) is 28.4 Å². The van der Waals surface area contributed by atoms with Gasteiger partial charge in [-0.2, -0.15) is 0 Å². The lowest BCUT2D eigenvalue weighted by atomic mass is 9.46. The fraction of sp³-hybridized carbons (Fsp3) is 0.759. The highest BCUT2D eigenvalue weighted by Gasteiger charge is 2.57. The Bertz CT molecular complexity index is 866. The van der Waals surface area contributed by atoms with Crippen molar-refractivity contribution < 1.29 is 24.5 Å². The highest BCUT2D eigenvalue weighted by atomic mass is 33.1. The highest BCUT2D eigenvalue weighted by molar-refractivity contribution is 8.77. The first-order valence-electron chi connectivity index (χ1n) is 13.7. The molecule has 0 radical (unpaired) electrons. The van der Waals surface area contributed by atoms with E-state index in [4.69, 9.17) is 9.47 Å². The zero-order chi connectivity index (χ0) is 25.9. The van der Waals surface area contributed by atoms with Gasteiger partial charge in [0.2, 0.25) is 0 Å². The number of hydrogen-bond acceptors (Lipinski definition) is 7. The number of rotatable bonds is 9. The standard InChI is InChI=1S/C29H44O5S2/c1-19-9-12-25-28(3,15-13-26(31)29(25,4)18-30)23(19)11-10-22-20(2)33-17-24(22)34-27(32)8-6-5-7-21-14-16-35-36-21/h10,21,23-26,30-31H,1-2,5-9,11-18H2,3-4H3/b22-10-/t21?,23-,24?,25?,26-,28+,29+/m1/s1. The third-order valence-electron chi connectivity index (χ3n) is 9.50. The van der Waals surface area contributed by atoms with Gasteiger partial charge in [-0.05, 0) is 68.6 Å². The zero-order valence-corrected chi connectivity index (χ0v) is 23.6. The van der Waals surface area contributed by atoms with Crippen LogP contribution >= 0.6 is 21.6 Å². The maximum absolute atomic E-state index is 12.6. The molecule has 202 valence electrons. The van der Waals surface area contributed by atoms with Crippen LogP contribution in [0.3, 0.4) is 0 Å². The van der Waals surface area contributed by atoms with Crippen molar-refractivity contribution in [1.29, 1.82) is 0 Å². The van der Waals surface area contributed by atoms with Crippen LogP contribution in [0.25, 0.3) is 0 Å². The molecule has 7 atom stereocenters. The Hall–Kier alpha value is -0.890. The maximum atomic E-state index is 12.6. The molecular formula is C29H44O5S2. The fourth-order valence-corrected chi connectivity index (χ4v) is 10.2. The van der Waals surface area contributed by atoms with E-state index >= 15 is 0 Å². The van der Waals surface area contributed by atoms with Crippen molar-refractivity contribution in [3.8, 4) is 0 Å². The molecule has 2 heterocycles. The van der Waals surface area contributed by atoms with E-state index in [0.29, 0.717) is 25.2 Å². The Morgan fingerprint density at radius 3 is 2.78 bits per heavy atom. The third kappa shape index (κ3) is 5.74. The quantitative estimate of drug-likeness (QED) is 0.157. The molecule has 4 aliphatic rings. The van der Waals surface area contributed by atoms with Crippen LogP contribution in [0.5, 0.6) is 0 Å². The zero-order valence-electron chi connectivity index (χ0n) is 22.0. The number of ether oxygens (including phenoxy) is 2. The molecule has 0 aromatic heterocycles. The number of esters is 1. The molecule has 2 saturated carbocycles. The number of hydrogen-bond donors (Lipinski definition) is 2. The Morgan fingerprint density at radius 1 is 1.25 bits per heavy atom. The van der Waals surface area contributed by atoms with E-state index in [-0.39, 0.29) is 29.8 Å². The molecule has 7 heteroatoms. The molecule has 0 aromatic rings. The summed E-state index contributed by atoms with van der Waals surface area (Å²) < 4.78 is 11.5. The van der Waals surface area contributed by atoms with E-state index in [1.807, 2.05) is 28.5 Å². The monoisotopic (exact) mass is 536 g/mol. The van der Waals surface area contributed by atoms with Crippen LogP contribution < -0.4 is 0 Å². The smallest absolute Gasteiger partial charge is 0.306 e. The van der Waals surface area contributed by atoms with Gasteiger partial charge in [-0.1, -0.05) is 66.7 Å². The fourth-order valence-electron chi connectivity index (χ4n) is 7.18. The number of allylic oxidation sites excluding steroid dienone is 2. The molecule has 0 bridgehead atoms. The minimum Gasteiger partial charge on any atom is -0.490 e. The first-order chi connectivity index (χ1) is 17.2. The van der Waals surface area contributed by atoms with Crippen LogP contribution in [0, 0.1) is 22.7 Å². The summed E-state index contributed by atoms with van der Waals surface area (Å²) in [6.07, 6.45) is 10.3. The summed E-state index contributed by atoms with van der Waals surface area (Å²) in [6, 6.07) is 0. The maximum Gasteiger partial charge on any atom is 0.306 e. The molecule has 4 fully saturated rings. The molecular weight excluding hydrogens is 492 g/mol. The average Bonchev–Trinajstić information content (AvgIpc) is 3.49. The largest absolute Gasteiger partial charge is 0.490 e. The lowest BCUT2D eigenvalue weighted by molar-refractivity contribution is -0.151. The second-order valence-electron chi connectivity index (χ2n) is 11.7. The predicted molar refractivity (Wildman–Crippen MR) is 148 cm³/mol. The summed E-state index contributed by atoms with van der Waals surface area (Å²) in [5, 5.41) is 21.7. The van der Waals surface area contributed by atoms with Gasteiger partial charge in [0.1, 0.15) is 12.4 Å². The van der Waals surface area contributed by atoms with Crippen LogP contribution in [0.4, 0.5) is 0 Å². The van der Waals surface area contributed by atoms with Gasteiger partial charge in [0.25, 0.3) is 0 Å². The minimum absolute atomic E-state index is 0.00413. The van der Waals surface area contributed by atoms with Gasteiger partial charge in [-0.3, -0.25) is 4.79 Å². The normalized spacial score (nSPS) is 39.8. The van der Waals surface area contributed by atoms with E-state index in [2.05, 4.69) is 26.2 Å². The molecule has 5 nitrogen and oxygen atoms in total. The Morgan fingerprint density at radius 2 is 2.06 bits per heavy atom. The van der Waals surface area contributed by atoms with Crippen molar-refractivity contribution in [3.05, 3.63) is 36.1 Å². The number of carbonyl (C=O) groups excluding carboxylic acids is 1. The van der Waals surface area contributed by atoms with Crippen LogP contribution in [-0.4, -0.2) is 52.6 Å². The summed E-state index contributed by atoms with van der Waals surface area (Å²) >= 11 is 0. The van der Waals surface area contributed by atoms with Crippen LogP contribution in [-0.2, 0) is 14.3 Å². The van der Waals surface area contributed by atoms with Crippen molar-refractivity contribution in [2.75, 3.05) is 19.0 Å². The van der Waals surface area contributed by atoms with Crippen LogP contribution in [0.15, 0.2) is 36.1 Å². The number of unbranched alkanes of at least 4 members (excludes halogenated alkanes) is 1. The van der Waals surface area contributed by atoms with Gasteiger partial charge in [0.15, 0.2) is 6.10 Å². The second kappa shape index (κ2) is 11.9. The number of carbonyl (C=O) groups is 1. The lowest BCUT2D eigenvalue weighted by Crippen LogP contribution is -2.57. The van der Waals surface area contributed by atoms with Crippen molar-refractivity contribution in [2.45, 2.75) is 95.5 Å². The Labute approximate surface area is 224 Å². The van der Waals surface area contributed by atoms with E-state index in [1.54, 1.807) is 0 Å². The summed E-state index contributed by atoms with van der Waals surface area (Å²) in [4.78, 5) is 12.6. The van der Waals surface area contributed by atoms with Gasteiger partial charge in [-0.25, -0.2) is 0 Å². The summed E-state index contributed by atoms with van der Waals surface area (Å²) in [5.41, 5.74) is 1.57. The SMILES string of the molecule is C=C1OCC(OC(=O)CCCCC2CCSS2)/C1=C\C[C@@H]1C(=C)CCC2[C@](C)(CO)[C@H](O)CC[C@]21C. The van der Waals surface area contributed by atoms with Crippen molar-refractivity contribution in [3.63, 3.8) is 0 Å². The number of aliphatic hydroxyl groups is 2. The first-order valence-corrected chi connectivity index (χ1v) is 16.0. The minimum atomic E-state index is -0.494. The first kappa shape index (κ1) is 28.1. The predicted octanol–water partition coefficient (Wildman–Crippen LogP) is 6.21. The average molecular weight is 537 g/mol. The van der Waals surface area contributed by atoms with Crippen molar-refractivity contribution in [2.24, 2.45) is 22.7 Å². The van der Waals surface area contributed by atoms with E-state index in [1.165, 1.54) is 24.2 Å². The summed E-state index contributed by atoms with van der Waals surface area (Å²) in [5.74, 6) is 2.14. The molecule has 36 heavy (non-hydrogen) atoms. The van der Waals surface area contributed by atoms with Crippen LogP contribution in [0.1, 0.15) is 78.1 Å². The molecule has 2 aliphatic heterocycles. The number of aliphatic hydroxyl groups excluding tert-OH is 2. The summed E-state index contributed by atoms with van der Waals surface area (Å²) in [6.45, 7) is 13.2. The lowest BCUT2D eigenvalue weighted by Gasteiger charge is -2.59.